The number of hydrogen-bond acceptors (Lipinski definition) is 5. The van der Waals surface area contributed by atoms with Crippen molar-refractivity contribution in [2.75, 3.05) is 10.7 Å². The van der Waals surface area contributed by atoms with Crippen molar-refractivity contribution in [3.8, 4) is 28.5 Å². The smallest absolute Gasteiger partial charge is 0.242 e. The number of benzene rings is 4. The average Bonchev–Trinajstić information content (AvgIpc) is 2.99. The molecular weight excluding hydrogens is 507 g/mol. The van der Waals surface area contributed by atoms with E-state index >= 15 is 0 Å². The molecule has 2 heterocycles. The van der Waals surface area contributed by atoms with Gasteiger partial charge in [-0.15, -0.1) is 0 Å². The van der Waals surface area contributed by atoms with Crippen molar-refractivity contribution in [1.82, 2.24) is 4.98 Å². The normalized spacial score (nSPS) is 11.8. The van der Waals surface area contributed by atoms with Gasteiger partial charge in [-0.05, 0) is 35.9 Å². The van der Waals surface area contributed by atoms with Gasteiger partial charge in [0.25, 0.3) is 0 Å². The van der Waals surface area contributed by atoms with Gasteiger partial charge in [0, 0.05) is 20.9 Å². The van der Waals surface area contributed by atoms with E-state index in [1.54, 1.807) is 16.7 Å². The zero-order valence-corrected chi connectivity index (χ0v) is 21.9. The predicted octanol–water partition coefficient (Wildman–Crippen LogP) is 8.21. The number of thioether (sulfide) groups is 1. The second-order valence-electron chi connectivity index (χ2n) is 8.63. The fourth-order valence-corrected chi connectivity index (χ4v) is 6.41. The minimum absolute atomic E-state index is 0.0627. The summed E-state index contributed by atoms with van der Waals surface area (Å²) < 4.78 is 0. The van der Waals surface area contributed by atoms with Gasteiger partial charge in [0.05, 0.1) is 28.4 Å². The third-order valence-electron chi connectivity index (χ3n) is 6.27. The number of amides is 1. The van der Waals surface area contributed by atoms with Gasteiger partial charge in [-0.2, -0.15) is 5.26 Å². The Kier molecular flexibility index (Phi) is 6.70. The van der Waals surface area contributed by atoms with E-state index in [0.29, 0.717) is 10.6 Å². The molecule has 0 saturated heterocycles. The average molecular weight is 528 g/mol. The molecule has 0 fully saturated rings. The van der Waals surface area contributed by atoms with Crippen LogP contribution in [0.3, 0.4) is 0 Å². The molecule has 0 atom stereocenters. The Morgan fingerprint density at radius 3 is 1.95 bits per heavy atom. The molecule has 182 valence electrons. The molecule has 4 aromatic carbocycles. The van der Waals surface area contributed by atoms with Crippen LogP contribution in [0.25, 0.3) is 22.4 Å². The third kappa shape index (κ3) is 4.58. The Balaban J connectivity index is 1.39. The lowest BCUT2D eigenvalue weighted by Gasteiger charge is -2.31. The zero-order valence-electron chi connectivity index (χ0n) is 20.2. The first-order valence-corrected chi connectivity index (χ1v) is 13.9. The Morgan fingerprint density at radius 1 is 0.789 bits per heavy atom. The fraction of sp³-hybridized carbons (Fsp3) is 0.0312. The van der Waals surface area contributed by atoms with E-state index in [-0.39, 0.29) is 11.7 Å². The van der Waals surface area contributed by atoms with Gasteiger partial charge < -0.3 is 0 Å². The van der Waals surface area contributed by atoms with E-state index in [9.17, 15) is 10.1 Å². The van der Waals surface area contributed by atoms with Crippen LogP contribution in [0.4, 0.5) is 11.4 Å². The van der Waals surface area contributed by atoms with Crippen LogP contribution in [0.1, 0.15) is 5.56 Å². The standard InChI is InChI=1S/C32H21N3OS2/c33-20-25-24(22-11-3-1-4-12-22)19-26(23-13-5-2-6-14-23)34-32(25)37-21-31(36)35-27-15-7-9-17-29(27)38-30-18-10-8-16-28(30)35/h1-19H,21H2. The number of anilines is 2. The first-order chi connectivity index (χ1) is 18.7. The summed E-state index contributed by atoms with van der Waals surface area (Å²) >= 11 is 2.98. The van der Waals surface area contributed by atoms with Crippen molar-refractivity contribution in [2.45, 2.75) is 14.8 Å². The molecule has 5 aromatic rings. The molecule has 4 nitrogen and oxygen atoms in total. The summed E-state index contributed by atoms with van der Waals surface area (Å²) in [4.78, 5) is 22.5. The summed E-state index contributed by atoms with van der Waals surface area (Å²) in [6, 6.07) is 40.0. The lowest BCUT2D eigenvalue weighted by Crippen LogP contribution is -2.30. The minimum atomic E-state index is -0.0627. The highest BCUT2D eigenvalue weighted by Gasteiger charge is 2.28. The molecule has 0 saturated carbocycles. The molecular formula is C32H21N3OS2. The molecule has 0 bridgehead atoms. The lowest BCUT2D eigenvalue weighted by molar-refractivity contribution is -0.115. The van der Waals surface area contributed by atoms with E-state index in [1.165, 1.54) is 11.8 Å². The topological polar surface area (TPSA) is 57.0 Å². The highest BCUT2D eigenvalue weighted by atomic mass is 32.2. The molecule has 1 aromatic heterocycles. The van der Waals surface area contributed by atoms with Crippen molar-refractivity contribution < 1.29 is 4.79 Å². The number of aromatic nitrogens is 1. The van der Waals surface area contributed by atoms with Crippen LogP contribution in [-0.2, 0) is 4.79 Å². The van der Waals surface area contributed by atoms with Gasteiger partial charge >= 0.3 is 0 Å². The van der Waals surface area contributed by atoms with Crippen LogP contribution in [-0.4, -0.2) is 16.6 Å². The summed E-state index contributed by atoms with van der Waals surface area (Å²) in [6.45, 7) is 0. The monoisotopic (exact) mass is 527 g/mol. The Bertz CT molecular complexity index is 1640. The number of carbonyl (C=O) groups is 1. The van der Waals surface area contributed by atoms with E-state index in [2.05, 4.69) is 6.07 Å². The summed E-state index contributed by atoms with van der Waals surface area (Å²) in [5, 5.41) is 10.7. The van der Waals surface area contributed by atoms with Gasteiger partial charge in [-0.3, -0.25) is 9.69 Å². The zero-order chi connectivity index (χ0) is 25.9. The lowest BCUT2D eigenvalue weighted by atomic mass is 9.99. The number of hydrogen-bond donors (Lipinski definition) is 0. The van der Waals surface area contributed by atoms with Gasteiger partial charge in [-0.25, -0.2) is 4.98 Å². The molecule has 0 aliphatic carbocycles. The summed E-state index contributed by atoms with van der Waals surface area (Å²) in [6.07, 6.45) is 0. The first-order valence-electron chi connectivity index (χ1n) is 12.1. The van der Waals surface area contributed by atoms with E-state index in [1.807, 2.05) is 115 Å². The number of pyridine rings is 1. The Hall–Kier alpha value is -4.31. The van der Waals surface area contributed by atoms with Crippen LogP contribution in [0, 0.1) is 11.3 Å². The highest BCUT2D eigenvalue weighted by Crippen LogP contribution is 2.48. The minimum Gasteiger partial charge on any atom is -0.278 e. The fourth-order valence-electron chi connectivity index (χ4n) is 4.50. The number of rotatable bonds is 5. The number of nitrogens with zero attached hydrogens (tertiary/aromatic N) is 3. The highest BCUT2D eigenvalue weighted by molar-refractivity contribution is 8.00. The van der Waals surface area contributed by atoms with Gasteiger partial charge in [0.2, 0.25) is 5.91 Å². The maximum absolute atomic E-state index is 13.8. The van der Waals surface area contributed by atoms with Crippen LogP contribution in [0.15, 0.2) is 130 Å². The largest absolute Gasteiger partial charge is 0.278 e. The summed E-state index contributed by atoms with van der Waals surface area (Å²) in [7, 11) is 0. The van der Waals surface area contributed by atoms with Crippen molar-refractivity contribution in [2.24, 2.45) is 0 Å². The molecule has 6 heteroatoms. The molecule has 6 rings (SSSR count). The van der Waals surface area contributed by atoms with Gasteiger partial charge in [0.15, 0.2) is 0 Å². The van der Waals surface area contributed by atoms with Crippen molar-refractivity contribution in [1.29, 1.82) is 5.26 Å². The van der Waals surface area contributed by atoms with Crippen molar-refractivity contribution in [3.05, 3.63) is 121 Å². The van der Waals surface area contributed by atoms with Gasteiger partial charge in [-0.1, -0.05) is 108 Å². The molecule has 1 aliphatic heterocycles. The maximum atomic E-state index is 13.8. The molecule has 0 radical (unpaired) electrons. The number of fused-ring (bicyclic) bond motifs is 2. The second-order valence-corrected chi connectivity index (χ2v) is 10.7. The van der Waals surface area contributed by atoms with Crippen LogP contribution < -0.4 is 4.90 Å². The SMILES string of the molecule is N#Cc1c(-c2ccccc2)cc(-c2ccccc2)nc1SCC(=O)N1c2ccccc2Sc2ccccc21. The molecule has 0 unspecified atom stereocenters. The van der Waals surface area contributed by atoms with Crippen molar-refractivity contribution >= 4 is 40.8 Å². The molecule has 1 amide bonds. The Morgan fingerprint density at radius 2 is 1.34 bits per heavy atom. The molecule has 38 heavy (non-hydrogen) atoms. The number of carbonyl (C=O) groups excluding carboxylic acids is 1. The number of para-hydroxylation sites is 2. The third-order valence-corrected chi connectivity index (χ3v) is 8.36. The predicted molar refractivity (Wildman–Crippen MR) is 155 cm³/mol. The van der Waals surface area contributed by atoms with Crippen LogP contribution >= 0.6 is 23.5 Å². The second kappa shape index (κ2) is 10.6. The van der Waals surface area contributed by atoms with E-state index < -0.39 is 0 Å². The van der Waals surface area contributed by atoms with E-state index in [0.717, 1.165) is 43.6 Å². The maximum Gasteiger partial charge on any atom is 0.242 e. The van der Waals surface area contributed by atoms with Crippen LogP contribution in [0.5, 0.6) is 0 Å². The molecule has 1 aliphatic rings. The van der Waals surface area contributed by atoms with Gasteiger partial charge in [0.1, 0.15) is 11.1 Å². The molecule has 0 spiro atoms. The number of nitriles is 1. The van der Waals surface area contributed by atoms with Crippen LogP contribution in [0.2, 0.25) is 0 Å². The van der Waals surface area contributed by atoms with E-state index in [4.69, 9.17) is 4.98 Å². The first kappa shape index (κ1) is 24.1. The Labute approximate surface area is 230 Å². The quantitative estimate of drug-likeness (QED) is 0.216. The summed E-state index contributed by atoms with van der Waals surface area (Å²) in [5.74, 6) is 0.0776. The molecule has 0 N–H and O–H groups in total. The van der Waals surface area contributed by atoms with Crippen molar-refractivity contribution in [3.63, 3.8) is 0 Å². The summed E-state index contributed by atoms with van der Waals surface area (Å²) in [5.41, 5.74) is 5.69.